The zero-order valence-corrected chi connectivity index (χ0v) is 16.6. The van der Waals surface area contributed by atoms with E-state index in [1.54, 1.807) is 0 Å². The molecule has 1 aromatic rings. The molecular weight excluding hydrogens is 381 g/mol. The number of hydrogen-bond donors (Lipinski definition) is 1. The molecule has 7 heteroatoms. The number of amides is 1. The van der Waals surface area contributed by atoms with Crippen molar-refractivity contribution < 1.29 is 22.7 Å². The molecule has 0 radical (unpaired) electrons. The average molecular weight is 408 g/mol. The summed E-state index contributed by atoms with van der Waals surface area (Å²) in [5.41, 5.74) is 0.733. The molecule has 0 aromatic heterocycles. The molecule has 29 heavy (non-hydrogen) atoms. The number of halogens is 3. The van der Waals surface area contributed by atoms with Gasteiger partial charge in [-0.2, -0.15) is 13.2 Å². The summed E-state index contributed by atoms with van der Waals surface area (Å²) < 4.78 is 44.8. The monoisotopic (exact) mass is 408 g/mol. The van der Waals surface area contributed by atoms with Gasteiger partial charge in [-0.1, -0.05) is 12.8 Å². The van der Waals surface area contributed by atoms with Gasteiger partial charge in [-0.15, -0.1) is 0 Å². The minimum absolute atomic E-state index is 0.0189. The van der Waals surface area contributed by atoms with Gasteiger partial charge >= 0.3 is 6.18 Å². The van der Waals surface area contributed by atoms with E-state index >= 15 is 0 Å². The fraction of sp³-hybridized carbons (Fsp3) is 0.636. The molecule has 1 unspecified atom stereocenters. The first kappa shape index (κ1) is 20.5. The third kappa shape index (κ3) is 4.72. The number of carbonyl (C=O) groups is 1. The Hall–Kier alpha value is -1.73. The predicted molar refractivity (Wildman–Crippen MR) is 104 cm³/mol. The van der Waals surface area contributed by atoms with Crippen LogP contribution in [0.1, 0.15) is 79.3 Å². The second-order valence-corrected chi connectivity index (χ2v) is 8.79. The Balaban J connectivity index is 1.58. The van der Waals surface area contributed by atoms with Gasteiger partial charge in [0.2, 0.25) is 0 Å². The molecule has 4 rings (SSSR count). The van der Waals surface area contributed by atoms with E-state index in [4.69, 9.17) is 4.74 Å². The standard InChI is InChI=1S/C22H27F3N2O2/c1-21(9-2-3-10-21)27-18-8-11-29-13-19(18)26-20(28)16-7-6-15(22(23,24)25)12-17(16)14-4-5-14/h6-7,12,14,18,27H,2-5,8-11,13H2,1H3/b26-19+. The summed E-state index contributed by atoms with van der Waals surface area (Å²) in [7, 11) is 0. The van der Waals surface area contributed by atoms with Crippen molar-refractivity contribution in [1.82, 2.24) is 5.32 Å². The molecule has 2 aliphatic carbocycles. The van der Waals surface area contributed by atoms with Crippen molar-refractivity contribution in [3.05, 3.63) is 34.9 Å². The highest BCUT2D eigenvalue weighted by molar-refractivity contribution is 6.07. The van der Waals surface area contributed by atoms with E-state index in [1.807, 2.05) is 0 Å². The van der Waals surface area contributed by atoms with Crippen LogP contribution in [0.5, 0.6) is 0 Å². The maximum atomic E-state index is 13.1. The Morgan fingerprint density at radius 2 is 1.93 bits per heavy atom. The Kier molecular flexibility index (Phi) is 5.55. The lowest BCUT2D eigenvalue weighted by Crippen LogP contribution is -2.53. The summed E-state index contributed by atoms with van der Waals surface area (Å²) in [4.78, 5) is 17.3. The number of hydrogen-bond acceptors (Lipinski definition) is 3. The minimum atomic E-state index is -4.42. The van der Waals surface area contributed by atoms with Crippen LogP contribution >= 0.6 is 0 Å². The topological polar surface area (TPSA) is 50.7 Å². The van der Waals surface area contributed by atoms with Crippen LogP contribution in [0, 0.1) is 0 Å². The van der Waals surface area contributed by atoms with Gasteiger partial charge in [0.15, 0.2) is 0 Å². The Bertz CT molecular complexity index is 809. The number of ether oxygens (including phenoxy) is 1. The van der Waals surface area contributed by atoms with Gasteiger partial charge in [0.25, 0.3) is 5.91 Å². The molecule has 1 N–H and O–H groups in total. The molecule has 3 fully saturated rings. The van der Waals surface area contributed by atoms with Crippen LogP contribution in [0.4, 0.5) is 13.2 Å². The Morgan fingerprint density at radius 3 is 2.59 bits per heavy atom. The van der Waals surface area contributed by atoms with Gasteiger partial charge in [-0.25, -0.2) is 4.99 Å². The normalized spacial score (nSPS) is 26.1. The summed E-state index contributed by atoms with van der Waals surface area (Å²) in [5.74, 6) is -0.449. The molecular formula is C22H27F3N2O2. The smallest absolute Gasteiger partial charge is 0.375 e. The molecule has 2 saturated carbocycles. The zero-order chi connectivity index (χ0) is 20.6. The Labute approximate surface area is 168 Å². The lowest BCUT2D eigenvalue weighted by atomic mass is 9.95. The molecule has 1 aromatic carbocycles. The van der Waals surface area contributed by atoms with E-state index in [9.17, 15) is 18.0 Å². The number of rotatable bonds is 4. The molecule has 0 bridgehead atoms. The van der Waals surface area contributed by atoms with Crippen LogP contribution in [0.3, 0.4) is 0 Å². The van der Waals surface area contributed by atoms with E-state index < -0.39 is 17.6 Å². The van der Waals surface area contributed by atoms with E-state index in [0.29, 0.717) is 17.9 Å². The molecule has 1 amide bonds. The van der Waals surface area contributed by atoms with Crippen LogP contribution in [0.25, 0.3) is 0 Å². The predicted octanol–water partition coefficient (Wildman–Crippen LogP) is 4.88. The Morgan fingerprint density at radius 1 is 1.21 bits per heavy atom. The molecule has 1 atom stereocenters. The van der Waals surface area contributed by atoms with Gasteiger partial charge in [0.1, 0.15) is 0 Å². The van der Waals surface area contributed by atoms with Crippen LogP contribution in [0.2, 0.25) is 0 Å². The SMILES string of the molecule is CC1(NC2CCOC/C2=N\C(=O)c2ccc(C(F)(F)F)cc2C2CC2)CCCC1. The lowest BCUT2D eigenvalue weighted by Gasteiger charge is -2.34. The van der Waals surface area contributed by atoms with Gasteiger partial charge in [0.05, 0.1) is 23.9 Å². The zero-order valence-electron chi connectivity index (χ0n) is 16.6. The van der Waals surface area contributed by atoms with Crippen molar-refractivity contribution in [1.29, 1.82) is 0 Å². The molecule has 3 aliphatic rings. The van der Waals surface area contributed by atoms with Crippen molar-refractivity contribution in [2.75, 3.05) is 13.2 Å². The van der Waals surface area contributed by atoms with Gasteiger partial charge in [-0.05, 0) is 68.7 Å². The number of alkyl halides is 3. The highest BCUT2D eigenvalue weighted by atomic mass is 19.4. The van der Waals surface area contributed by atoms with Gasteiger partial charge in [0, 0.05) is 17.7 Å². The van der Waals surface area contributed by atoms with E-state index in [2.05, 4.69) is 17.2 Å². The lowest BCUT2D eigenvalue weighted by molar-refractivity contribution is -0.137. The first-order valence-electron chi connectivity index (χ1n) is 10.4. The average Bonchev–Trinajstić information content (AvgIpc) is 3.43. The second-order valence-electron chi connectivity index (χ2n) is 8.79. The fourth-order valence-corrected chi connectivity index (χ4v) is 4.49. The van der Waals surface area contributed by atoms with Crippen molar-refractivity contribution in [3.63, 3.8) is 0 Å². The van der Waals surface area contributed by atoms with E-state index in [0.717, 1.165) is 44.2 Å². The largest absolute Gasteiger partial charge is 0.416 e. The highest BCUT2D eigenvalue weighted by Crippen LogP contribution is 2.44. The van der Waals surface area contributed by atoms with Crippen molar-refractivity contribution in [2.45, 2.75) is 75.5 Å². The van der Waals surface area contributed by atoms with Crippen LogP contribution in [-0.2, 0) is 10.9 Å². The van der Waals surface area contributed by atoms with Crippen molar-refractivity contribution in [3.8, 4) is 0 Å². The molecule has 158 valence electrons. The molecule has 1 heterocycles. The number of nitrogens with one attached hydrogen (secondary N) is 1. The second kappa shape index (κ2) is 7.84. The molecule has 1 aliphatic heterocycles. The molecule has 0 spiro atoms. The van der Waals surface area contributed by atoms with Gasteiger partial charge < -0.3 is 10.1 Å². The highest BCUT2D eigenvalue weighted by Gasteiger charge is 2.36. The van der Waals surface area contributed by atoms with Gasteiger partial charge in [-0.3, -0.25) is 4.79 Å². The van der Waals surface area contributed by atoms with Crippen molar-refractivity contribution in [2.24, 2.45) is 4.99 Å². The number of benzene rings is 1. The van der Waals surface area contributed by atoms with Crippen LogP contribution in [-0.4, -0.2) is 36.4 Å². The quantitative estimate of drug-likeness (QED) is 0.773. The number of nitrogens with zero attached hydrogens (tertiary/aromatic N) is 1. The summed E-state index contributed by atoms with van der Waals surface area (Å²) in [6.45, 7) is 3.09. The van der Waals surface area contributed by atoms with E-state index in [1.165, 1.54) is 18.9 Å². The third-order valence-corrected chi connectivity index (χ3v) is 6.30. The maximum absolute atomic E-state index is 13.1. The summed E-state index contributed by atoms with van der Waals surface area (Å²) >= 11 is 0. The van der Waals surface area contributed by atoms with E-state index in [-0.39, 0.29) is 29.7 Å². The minimum Gasteiger partial charge on any atom is -0.375 e. The summed E-state index contributed by atoms with van der Waals surface area (Å²) in [5, 5.41) is 3.67. The molecule has 1 saturated heterocycles. The van der Waals surface area contributed by atoms with Crippen molar-refractivity contribution >= 4 is 11.6 Å². The van der Waals surface area contributed by atoms with Crippen LogP contribution in [0.15, 0.2) is 23.2 Å². The third-order valence-electron chi connectivity index (χ3n) is 6.30. The first-order chi connectivity index (χ1) is 13.8. The molecule has 4 nitrogen and oxygen atoms in total. The number of carbonyl (C=O) groups excluding carboxylic acids is 1. The fourth-order valence-electron chi connectivity index (χ4n) is 4.49. The maximum Gasteiger partial charge on any atom is 0.416 e. The van der Waals surface area contributed by atoms with Crippen LogP contribution < -0.4 is 5.32 Å². The number of aliphatic imine (C=N–C) groups is 1. The first-order valence-corrected chi connectivity index (χ1v) is 10.4. The summed E-state index contributed by atoms with van der Waals surface area (Å²) in [6, 6.07) is 3.35. The summed E-state index contributed by atoms with van der Waals surface area (Å²) in [6.07, 6.45) is 2.51.